The Bertz CT molecular complexity index is 494. The summed E-state index contributed by atoms with van der Waals surface area (Å²) in [6.45, 7) is 5.07. The summed E-state index contributed by atoms with van der Waals surface area (Å²) in [5, 5.41) is 3.37. The summed E-state index contributed by atoms with van der Waals surface area (Å²) in [6, 6.07) is 4.44. The van der Waals surface area contributed by atoms with Crippen LogP contribution < -0.4 is 5.32 Å². The zero-order valence-corrected chi connectivity index (χ0v) is 11.5. The van der Waals surface area contributed by atoms with E-state index in [1.54, 1.807) is 6.26 Å². The Morgan fingerprint density at radius 1 is 1.41 bits per heavy atom. The molecular weight excluding hydrogens is 280 g/mol. The molecule has 3 nitrogen and oxygen atoms in total. The van der Waals surface area contributed by atoms with Crippen LogP contribution in [0, 0.1) is 0 Å². The predicted octanol–water partition coefficient (Wildman–Crippen LogP) is 3.60. The first-order valence-corrected chi connectivity index (χ1v) is 6.37. The Morgan fingerprint density at radius 3 is 2.88 bits per heavy atom. The monoisotopic (exact) mass is 294 g/mol. The van der Waals surface area contributed by atoms with Gasteiger partial charge in [-0.1, -0.05) is 13.8 Å². The van der Waals surface area contributed by atoms with E-state index in [9.17, 15) is 0 Å². The van der Waals surface area contributed by atoms with E-state index in [-0.39, 0.29) is 0 Å². The largest absolute Gasteiger partial charge is 0.463 e. The average molecular weight is 295 g/mol. The summed E-state index contributed by atoms with van der Waals surface area (Å²) in [7, 11) is 0. The topological polar surface area (TPSA) is 38.1 Å². The van der Waals surface area contributed by atoms with Gasteiger partial charge in [-0.15, -0.1) is 0 Å². The van der Waals surface area contributed by atoms with Gasteiger partial charge in [0, 0.05) is 30.5 Å². The highest BCUT2D eigenvalue weighted by Crippen LogP contribution is 2.28. The van der Waals surface area contributed by atoms with E-state index in [1.807, 2.05) is 18.5 Å². The van der Waals surface area contributed by atoms with Crippen molar-refractivity contribution in [2.75, 3.05) is 0 Å². The van der Waals surface area contributed by atoms with Crippen molar-refractivity contribution in [3.63, 3.8) is 0 Å². The molecule has 0 aliphatic heterocycles. The number of aromatic nitrogens is 1. The van der Waals surface area contributed by atoms with E-state index in [2.05, 4.69) is 46.1 Å². The lowest BCUT2D eigenvalue weighted by Gasteiger charge is -2.08. The molecule has 0 saturated carbocycles. The minimum atomic E-state index is 0.467. The van der Waals surface area contributed by atoms with Crippen molar-refractivity contribution in [2.24, 2.45) is 0 Å². The van der Waals surface area contributed by atoms with Crippen LogP contribution in [0.1, 0.15) is 19.4 Å². The van der Waals surface area contributed by atoms with Gasteiger partial charge in [-0.25, -0.2) is 0 Å². The number of hydrogen-bond donors (Lipinski definition) is 1. The second-order valence-electron chi connectivity index (χ2n) is 4.22. The molecule has 0 aromatic carbocycles. The fourth-order valence-electron chi connectivity index (χ4n) is 1.53. The molecule has 2 heterocycles. The fourth-order valence-corrected chi connectivity index (χ4v) is 1.96. The van der Waals surface area contributed by atoms with E-state index in [0.717, 1.165) is 27.9 Å². The quantitative estimate of drug-likeness (QED) is 0.936. The molecule has 90 valence electrons. The number of furan rings is 1. The first kappa shape index (κ1) is 12.3. The standard InChI is InChI=1S/C13H15BrN2O/c1-9(2)16-7-10-5-11(8-15-6-10)13-12(14)3-4-17-13/h3-6,8-9,16H,7H2,1-2H3. The van der Waals surface area contributed by atoms with Gasteiger partial charge in [0.15, 0.2) is 0 Å². The number of pyridine rings is 1. The van der Waals surface area contributed by atoms with Gasteiger partial charge in [-0.05, 0) is 33.6 Å². The van der Waals surface area contributed by atoms with Crippen molar-refractivity contribution in [3.8, 4) is 11.3 Å². The number of nitrogens with one attached hydrogen (secondary N) is 1. The van der Waals surface area contributed by atoms with Crippen molar-refractivity contribution >= 4 is 15.9 Å². The maximum atomic E-state index is 5.42. The van der Waals surface area contributed by atoms with Crippen LogP contribution in [0.2, 0.25) is 0 Å². The second kappa shape index (κ2) is 5.47. The van der Waals surface area contributed by atoms with Gasteiger partial charge in [-0.3, -0.25) is 4.98 Å². The molecule has 0 aliphatic carbocycles. The van der Waals surface area contributed by atoms with Crippen LogP contribution >= 0.6 is 15.9 Å². The summed E-state index contributed by atoms with van der Waals surface area (Å²) in [5.41, 5.74) is 2.14. The molecule has 0 fully saturated rings. The second-order valence-corrected chi connectivity index (χ2v) is 5.07. The lowest BCUT2D eigenvalue weighted by atomic mass is 10.1. The summed E-state index contributed by atoms with van der Waals surface area (Å²) < 4.78 is 6.38. The molecule has 17 heavy (non-hydrogen) atoms. The van der Waals surface area contributed by atoms with Crippen molar-refractivity contribution in [1.82, 2.24) is 10.3 Å². The lowest BCUT2D eigenvalue weighted by Crippen LogP contribution is -2.21. The van der Waals surface area contributed by atoms with Crippen molar-refractivity contribution in [2.45, 2.75) is 26.4 Å². The number of nitrogens with zero attached hydrogens (tertiary/aromatic N) is 1. The molecule has 1 N–H and O–H groups in total. The Labute approximate surface area is 109 Å². The van der Waals surface area contributed by atoms with Crippen molar-refractivity contribution in [1.29, 1.82) is 0 Å². The molecular formula is C13H15BrN2O. The molecule has 0 amide bonds. The van der Waals surface area contributed by atoms with Crippen LogP contribution in [0.4, 0.5) is 0 Å². The molecule has 2 rings (SSSR count). The number of hydrogen-bond acceptors (Lipinski definition) is 3. The molecule has 0 bridgehead atoms. The minimum Gasteiger partial charge on any atom is -0.463 e. The molecule has 2 aromatic heterocycles. The Morgan fingerprint density at radius 2 is 2.24 bits per heavy atom. The van der Waals surface area contributed by atoms with E-state index in [0.29, 0.717) is 6.04 Å². The van der Waals surface area contributed by atoms with Gasteiger partial charge in [0.2, 0.25) is 0 Å². The van der Waals surface area contributed by atoms with Crippen LogP contribution in [0.15, 0.2) is 39.7 Å². The van der Waals surface area contributed by atoms with Crippen molar-refractivity contribution in [3.05, 3.63) is 40.8 Å². The van der Waals surface area contributed by atoms with Crippen LogP contribution in [0.25, 0.3) is 11.3 Å². The molecule has 0 aliphatic rings. The highest BCUT2D eigenvalue weighted by Gasteiger charge is 2.07. The van der Waals surface area contributed by atoms with E-state index in [4.69, 9.17) is 4.42 Å². The van der Waals surface area contributed by atoms with Gasteiger partial charge in [0.25, 0.3) is 0 Å². The van der Waals surface area contributed by atoms with Crippen LogP contribution in [0.3, 0.4) is 0 Å². The highest BCUT2D eigenvalue weighted by molar-refractivity contribution is 9.10. The van der Waals surface area contributed by atoms with E-state index in [1.165, 1.54) is 0 Å². The Kier molecular flexibility index (Phi) is 3.97. The Balaban J connectivity index is 2.20. The maximum absolute atomic E-state index is 5.42. The number of halogens is 1. The van der Waals surface area contributed by atoms with Crippen LogP contribution in [0.5, 0.6) is 0 Å². The summed E-state index contributed by atoms with van der Waals surface area (Å²) in [6.07, 6.45) is 5.34. The zero-order valence-electron chi connectivity index (χ0n) is 9.90. The summed E-state index contributed by atoms with van der Waals surface area (Å²) in [5.74, 6) is 0.823. The normalized spacial score (nSPS) is 11.1. The molecule has 0 unspecified atom stereocenters. The van der Waals surface area contributed by atoms with Gasteiger partial charge in [0.1, 0.15) is 5.76 Å². The van der Waals surface area contributed by atoms with Gasteiger partial charge >= 0.3 is 0 Å². The first-order valence-electron chi connectivity index (χ1n) is 5.57. The lowest BCUT2D eigenvalue weighted by molar-refractivity contribution is 0.578. The third-order valence-corrected chi connectivity index (χ3v) is 3.01. The van der Waals surface area contributed by atoms with Crippen molar-refractivity contribution < 1.29 is 4.42 Å². The van der Waals surface area contributed by atoms with Gasteiger partial charge in [-0.2, -0.15) is 0 Å². The van der Waals surface area contributed by atoms with Crippen LogP contribution in [-0.4, -0.2) is 11.0 Å². The molecule has 0 atom stereocenters. The predicted molar refractivity (Wildman–Crippen MR) is 71.6 cm³/mol. The van der Waals surface area contributed by atoms with E-state index < -0.39 is 0 Å². The SMILES string of the molecule is CC(C)NCc1cncc(-c2occc2Br)c1. The third kappa shape index (κ3) is 3.17. The zero-order chi connectivity index (χ0) is 12.3. The smallest absolute Gasteiger partial charge is 0.149 e. The average Bonchev–Trinajstić information content (AvgIpc) is 2.73. The molecule has 0 radical (unpaired) electrons. The first-order chi connectivity index (χ1) is 8.16. The molecule has 2 aromatic rings. The Hall–Kier alpha value is -1.13. The van der Waals surface area contributed by atoms with E-state index >= 15 is 0 Å². The van der Waals surface area contributed by atoms with Gasteiger partial charge in [0.05, 0.1) is 10.7 Å². The number of rotatable bonds is 4. The minimum absolute atomic E-state index is 0.467. The highest BCUT2D eigenvalue weighted by atomic mass is 79.9. The molecule has 4 heteroatoms. The maximum Gasteiger partial charge on any atom is 0.149 e. The van der Waals surface area contributed by atoms with Crippen LogP contribution in [-0.2, 0) is 6.54 Å². The molecule has 0 saturated heterocycles. The summed E-state index contributed by atoms with van der Waals surface area (Å²) >= 11 is 3.45. The fraction of sp³-hybridized carbons (Fsp3) is 0.308. The summed E-state index contributed by atoms with van der Waals surface area (Å²) in [4.78, 5) is 4.24. The van der Waals surface area contributed by atoms with Gasteiger partial charge < -0.3 is 9.73 Å². The molecule has 0 spiro atoms. The third-order valence-electron chi connectivity index (χ3n) is 2.39.